The van der Waals surface area contributed by atoms with E-state index in [4.69, 9.17) is 5.26 Å². The third kappa shape index (κ3) is 4.26. The molecule has 2 aromatic carbocycles. The SMILES string of the molecule is CN1CC(C(=O)N[C@H](C#N)Cc2ccc(-c3ccc(C#N)cc3)cc2)(C(F)F)C1. The second-order valence-corrected chi connectivity index (χ2v) is 7.37. The molecule has 1 atom stereocenters. The van der Waals surface area contributed by atoms with Gasteiger partial charge in [0.2, 0.25) is 5.91 Å². The Balaban J connectivity index is 1.66. The van der Waals surface area contributed by atoms with Gasteiger partial charge in [0.05, 0.1) is 17.7 Å². The van der Waals surface area contributed by atoms with Crippen LogP contribution in [0, 0.1) is 28.1 Å². The summed E-state index contributed by atoms with van der Waals surface area (Å²) in [7, 11) is 1.67. The van der Waals surface area contributed by atoms with Crippen LogP contribution < -0.4 is 5.32 Å². The molecule has 0 spiro atoms. The smallest absolute Gasteiger partial charge is 0.255 e. The Kier molecular flexibility index (Phi) is 5.91. The molecule has 29 heavy (non-hydrogen) atoms. The van der Waals surface area contributed by atoms with Crippen molar-refractivity contribution >= 4 is 5.91 Å². The number of amides is 1. The molecule has 0 saturated carbocycles. The van der Waals surface area contributed by atoms with E-state index in [1.807, 2.05) is 42.5 Å². The van der Waals surface area contributed by atoms with Gasteiger partial charge in [-0.05, 0) is 35.9 Å². The lowest BCUT2D eigenvalue weighted by atomic mass is 9.79. The lowest BCUT2D eigenvalue weighted by Gasteiger charge is -2.46. The van der Waals surface area contributed by atoms with E-state index in [1.54, 1.807) is 24.1 Å². The molecule has 2 aromatic rings. The van der Waals surface area contributed by atoms with Crippen molar-refractivity contribution < 1.29 is 13.6 Å². The van der Waals surface area contributed by atoms with Crippen molar-refractivity contribution in [2.24, 2.45) is 5.41 Å². The molecule has 0 unspecified atom stereocenters. The van der Waals surface area contributed by atoms with Crippen LogP contribution in [0.5, 0.6) is 0 Å². The van der Waals surface area contributed by atoms with Crippen molar-refractivity contribution in [3.8, 4) is 23.3 Å². The molecule has 1 aliphatic heterocycles. The van der Waals surface area contributed by atoms with Crippen LogP contribution in [0.2, 0.25) is 0 Å². The first-order valence-corrected chi connectivity index (χ1v) is 9.15. The Hall–Kier alpha value is -3.29. The molecule has 0 aromatic heterocycles. The van der Waals surface area contributed by atoms with Gasteiger partial charge in [0, 0.05) is 19.5 Å². The summed E-state index contributed by atoms with van der Waals surface area (Å²) >= 11 is 0. The summed E-state index contributed by atoms with van der Waals surface area (Å²) in [5.74, 6) is -0.772. The zero-order chi connectivity index (χ0) is 21.0. The van der Waals surface area contributed by atoms with Gasteiger partial charge in [-0.15, -0.1) is 0 Å². The molecular weight excluding hydrogens is 374 g/mol. The lowest BCUT2D eigenvalue weighted by Crippen LogP contribution is -2.66. The summed E-state index contributed by atoms with van der Waals surface area (Å²) in [5.41, 5.74) is 1.56. The molecule has 0 bridgehead atoms. The maximum Gasteiger partial charge on any atom is 0.255 e. The van der Waals surface area contributed by atoms with Gasteiger partial charge in [-0.2, -0.15) is 10.5 Å². The topological polar surface area (TPSA) is 79.9 Å². The number of halogens is 2. The molecule has 1 heterocycles. The van der Waals surface area contributed by atoms with Crippen LogP contribution in [0.25, 0.3) is 11.1 Å². The molecule has 1 amide bonds. The van der Waals surface area contributed by atoms with Crippen LogP contribution >= 0.6 is 0 Å². The zero-order valence-electron chi connectivity index (χ0n) is 15.9. The summed E-state index contributed by atoms with van der Waals surface area (Å²) in [5, 5.41) is 20.7. The summed E-state index contributed by atoms with van der Waals surface area (Å²) in [4.78, 5) is 14.0. The highest BCUT2D eigenvalue weighted by Crippen LogP contribution is 2.36. The summed E-state index contributed by atoms with van der Waals surface area (Å²) in [6, 6.07) is 17.8. The average Bonchev–Trinajstić information content (AvgIpc) is 2.71. The normalized spacial score (nSPS) is 16.3. The first kappa shape index (κ1) is 20.4. The Labute approximate surface area is 168 Å². The molecule has 7 heteroatoms. The Morgan fingerprint density at radius 2 is 1.66 bits per heavy atom. The number of carbonyl (C=O) groups excluding carboxylic acids is 1. The van der Waals surface area contributed by atoms with Gasteiger partial charge in [0.15, 0.2) is 0 Å². The third-order valence-electron chi connectivity index (χ3n) is 5.18. The highest BCUT2D eigenvalue weighted by Gasteiger charge is 2.55. The Morgan fingerprint density at radius 3 is 2.10 bits per heavy atom. The van der Waals surface area contributed by atoms with E-state index in [-0.39, 0.29) is 19.5 Å². The van der Waals surface area contributed by atoms with E-state index < -0.39 is 23.8 Å². The number of hydrogen-bond acceptors (Lipinski definition) is 4. The fraction of sp³-hybridized carbons (Fsp3) is 0.318. The lowest BCUT2D eigenvalue weighted by molar-refractivity contribution is -0.159. The van der Waals surface area contributed by atoms with E-state index in [1.165, 1.54) is 0 Å². The van der Waals surface area contributed by atoms with E-state index >= 15 is 0 Å². The molecule has 148 valence electrons. The molecule has 1 aliphatic rings. The average molecular weight is 394 g/mol. The Bertz CT molecular complexity index is 952. The van der Waals surface area contributed by atoms with Gasteiger partial charge in [0.25, 0.3) is 6.43 Å². The van der Waals surface area contributed by atoms with Crippen LogP contribution in [0.15, 0.2) is 48.5 Å². The predicted molar refractivity (Wildman–Crippen MR) is 104 cm³/mol. The molecule has 0 aliphatic carbocycles. The minimum Gasteiger partial charge on any atom is -0.339 e. The van der Waals surface area contributed by atoms with Crippen molar-refractivity contribution in [2.45, 2.75) is 18.9 Å². The summed E-state index contributed by atoms with van der Waals surface area (Å²) in [6.45, 7) is -0.0398. The van der Waals surface area contributed by atoms with Crippen LogP contribution in [0.3, 0.4) is 0 Å². The van der Waals surface area contributed by atoms with E-state index in [2.05, 4.69) is 11.4 Å². The fourth-order valence-electron chi connectivity index (χ4n) is 3.53. The van der Waals surface area contributed by atoms with Crippen molar-refractivity contribution in [1.82, 2.24) is 10.2 Å². The maximum atomic E-state index is 13.4. The largest absolute Gasteiger partial charge is 0.339 e. The number of nitriles is 2. The van der Waals surface area contributed by atoms with Crippen LogP contribution in [-0.2, 0) is 11.2 Å². The Morgan fingerprint density at radius 1 is 1.10 bits per heavy atom. The molecule has 1 saturated heterocycles. The van der Waals surface area contributed by atoms with Crippen LogP contribution in [0.4, 0.5) is 8.78 Å². The van der Waals surface area contributed by atoms with E-state index in [0.29, 0.717) is 5.56 Å². The number of likely N-dealkylation sites (tertiary alicyclic amines) is 1. The fourth-order valence-corrected chi connectivity index (χ4v) is 3.53. The first-order chi connectivity index (χ1) is 13.9. The van der Waals surface area contributed by atoms with Crippen molar-refractivity contribution in [1.29, 1.82) is 10.5 Å². The van der Waals surface area contributed by atoms with Crippen LogP contribution in [0.1, 0.15) is 11.1 Å². The van der Waals surface area contributed by atoms with Gasteiger partial charge < -0.3 is 10.2 Å². The molecule has 5 nitrogen and oxygen atoms in total. The van der Waals surface area contributed by atoms with Gasteiger partial charge in [-0.3, -0.25) is 4.79 Å². The second kappa shape index (κ2) is 8.38. The number of alkyl halides is 2. The highest BCUT2D eigenvalue weighted by atomic mass is 19.3. The van der Waals surface area contributed by atoms with Gasteiger partial charge in [-0.25, -0.2) is 8.78 Å². The molecule has 1 fully saturated rings. The molecule has 3 rings (SSSR count). The minimum atomic E-state index is -2.77. The van der Waals surface area contributed by atoms with Crippen molar-refractivity contribution in [3.63, 3.8) is 0 Å². The standard InChI is InChI=1S/C22H20F2N4O/c1-28-13-22(14-28,20(23)24)21(29)27-19(12-26)10-15-2-6-17(7-3-15)18-8-4-16(11-25)5-9-18/h2-9,19-20H,10,13-14H2,1H3,(H,27,29)/t19-/m0/s1. The van der Waals surface area contributed by atoms with Crippen molar-refractivity contribution in [2.75, 3.05) is 20.1 Å². The predicted octanol–water partition coefficient (Wildman–Crippen LogP) is 2.97. The number of nitrogens with zero attached hydrogens (tertiary/aromatic N) is 3. The third-order valence-corrected chi connectivity index (χ3v) is 5.18. The number of benzene rings is 2. The molecule has 1 N–H and O–H groups in total. The monoisotopic (exact) mass is 394 g/mol. The van der Waals surface area contributed by atoms with Gasteiger partial charge in [-0.1, -0.05) is 36.4 Å². The van der Waals surface area contributed by atoms with Gasteiger partial charge in [0.1, 0.15) is 11.5 Å². The summed E-state index contributed by atoms with van der Waals surface area (Å²) < 4.78 is 26.8. The maximum absolute atomic E-state index is 13.4. The van der Waals surface area contributed by atoms with Gasteiger partial charge >= 0.3 is 0 Å². The van der Waals surface area contributed by atoms with Crippen LogP contribution in [-0.4, -0.2) is 43.4 Å². The number of carbonyl (C=O) groups is 1. The number of rotatable bonds is 6. The first-order valence-electron chi connectivity index (χ1n) is 9.15. The highest BCUT2D eigenvalue weighted by molar-refractivity contribution is 5.85. The van der Waals surface area contributed by atoms with Crippen molar-refractivity contribution in [3.05, 3.63) is 59.7 Å². The van der Waals surface area contributed by atoms with E-state index in [0.717, 1.165) is 16.7 Å². The molecule has 0 radical (unpaired) electrons. The second-order valence-electron chi connectivity index (χ2n) is 7.37. The minimum absolute atomic E-state index is 0.0199. The number of nitrogens with one attached hydrogen (secondary N) is 1. The zero-order valence-corrected chi connectivity index (χ0v) is 15.9. The summed E-state index contributed by atoms with van der Waals surface area (Å²) in [6.07, 6.45) is -2.55. The number of hydrogen-bond donors (Lipinski definition) is 1. The quantitative estimate of drug-likeness (QED) is 0.817. The van der Waals surface area contributed by atoms with E-state index in [9.17, 15) is 18.8 Å². The molecular formula is C22H20F2N4O.